The van der Waals surface area contributed by atoms with E-state index >= 15 is 0 Å². The van der Waals surface area contributed by atoms with Gasteiger partial charge in [0, 0.05) is 17.3 Å². The largest absolute Gasteiger partial charge is 0.456 e. The van der Waals surface area contributed by atoms with Gasteiger partial charge in [0.2, 0.25) is 0 Å². The lowest BCUT2D eigenvalue weighted by molar-refractivity contribution is 0.478. The molecule has 0 aliphatic heterocycles. The predicted octanol–water partition coefficient (Wildman–Crippen LogP) is 8.51. The fraction of sp³-hybridized carbons (Fsp3) is 0.143. The third kappa shape index (κ3) is 5.24. The van der Waals surface area contributed by atoms with Crippen LogP contribution >= 0.6 is 23.2 Å². The Kier molecular flexibility index (Phi) is 6.92. The fourth-order valence-corrected chi connectivity index (χ4v) is 4.40. The number of anilines is 2. The molecule has 0 unspecified atom stereocenters. The number of rotatable bonds is 6. The Labute approximate surface area is 210 Å². The van der Waals surface area contributed by atoms with E-state index in [1.807, 2.05) is 50.2 Å². The first-order valence-corrected chi connectivity index (χ1v) is 11.6. The van der Waals surface area contributed by atoms with Crippen LogP contribution in [0.5, 0.6) is 23.0 Å². The van der Waals surface area contributed by atoms with Crippen molar-refractivity contribution in [3.63, 3.8) is 0 Å². The molecule has 4 N–H and O–H groups in total. The first-order chi connectivity index (χ1) is 16.2. The van der Waals surface area contributed by atoms with Crippen LogP contribution in [0.25, 0.3) is 0 Å². The first-order valence-electron chi connectivity index (χ1n) is 10.9. The molecule has 0 aliphatic carbocycles. The highest BCUT2D eigenvalue weighted by Gasteiger charge is 2.18. The molecule has 0 atom stereocenters. The lowest BCUT2D eigenvalue weighted by Crippen LogP contribution is -2.00. The Morgan fingerprint density at radius 2 is 0.971 bits per heavy atom. The highest BCUT2D eigenvalue weighted by molar-refractivity contribution is 6.32. The van der Waals surface area contributed by atoms with Gasteiger partial charge >= 0.3 is 0 Å². The molecule has 34 heavy (non-hydrogen) atoms. The van der Waals surface area contributed by atoms with Gasteiger partial charge in [0.25, 0.3) is 0 Å². The third-order valence-corrected chi connectivity index (χ3v) is 6.26. The van der Waals surface area contributed by atoms with Crippen LogP contribution in [-0.4, -0.2) is 0 Å². The second-order valence-corrected chi connectivity index (χ2v) is 9.18. The first kappa shape index (κ1) is 23.8. The standard InChI is InChI=1S/C28H26Cl2N2O2/c1-16-12-19(14-25(29)27(16)33-23-8-4-21(31)5-9-23)18(3)20-13-17(2)28(26(30)15-20)34-24-10-6-22(32)7-11-24/h4-15,18H,31-32H2,1-3H3. The molecule has 174 valence electrons. The molecule has 4 nitrogen and oxygen atoms in total. The number of benzene rings is 4. The van der Waals surface area contributed by atoms with Gasteiger partial charge in [0.05, 0.1) is 10.0 Å². The van der Waals surface area contributed by atoms with Crippen LogP contribution in [0.1, 0.15) is 35.1 Å². The van der Waals surface area contributed by atoms with Gasteiger partial charge in [-0.2, -0.15) is 0 Å². The lowest BCUT2D eigenvalue weighted by atomic mass is 9.91. The molecule has 4 aromatic rings. The molecule has 0 heterocycles. The average molecular weight is 493 g/mol. The predicted molar refractivity (Wildman–Crippen MR) is 142 cm³/mol. The van der Waals surface area contributed by atoms with E-state index in [2.05, 4.69) is 19.1 Å². The minimum atomic E-state index is 0.0588. The molecule has 0 spiro atoms. The molecule has 6 heteroatoms. The van der Waals surface area contributed by atoms with Gasteiger partial charge in [-0.3, -0.25) is 0 Å². The summed E-state index contributed by atoms with van der Waals surface area (Å²) < 4.78 is 12.0. The molecule has 0 amide bonds. The van der Waals surface area contributed by atoms with E-state index in [-0.39, 0.29) is 5.92 Å². The molecule has 4 aromatic carbocycles. The van der Waals surface area contributed by atoms with E-state index in [9.17, 15) is 0 Å². The molecule has 0 fully saturated rings. The molecule has 0 saturated heterocycles. The Morgan fingerprint density at radius 3 is 1.29 bits per heavy atom. The molecule has 0 aliphatic rings. The number of hydrogen-bond acceptors (Lipinski definition) is 4. The van der Waals surface area contributed by atoms with Crippen LogP contribution in [0.2, 0.25) is 10.0 Å². The maximum Gasteiger partial charge on any atom is 0.148 e. The van der Waals surface area contributed by atoms with Gasteiger partial charge < -0.3 is 20.9 Å². The van der Waals surface area contributed by atoms with Crippen molar-refractivity contribution >= 4 is 34.6 Å². The number of nitrogens with two attached hydrogens (primary N) is 2. The Balaban J connectivity index is 1.59. The van der Waals surface area contributed by atoms with Gasteiger partial charge in [0.1, 0.15) is 23.0 Å². The number of ether oxygens (including phenoxy) is 2. The fourth-order valence-electron chi connectivity index (χ4n) is 3.77. The molecule has 0 bridgehead atoms. The number of hydrogen-bond donors (Lipinski definition) is 2. The smallest absolute Gasteiger partial charge is 0.148 e. The summed E-state index contributed by atoms with van der Waals surface area (Å²) in [6, 6.07) is 22.5. The number of halogens is 2. The molecule has 0 saturated carbocycles. The monoisotopic (exact) mass is 492 g/mol. The highest BCUT2D eigenvalue weighted by atomic mass is 35.5. The zero-order chi connectivity index (χ0) is 24.4. The third-order valence-electron chi connectivity index (χ3n) is 5.70. The van der Waals surface area contributed by atoms with Crippen LogP contribution in [0.3, 0.4) is 0 Å². The van der Waals surface area contributed by atoms with Gasteiger partial charge in [-0.25, -0.2) is 0 Å². The van der Waals surface area contributed by atoms with Crippen molar-refractivity contribution in [1.82, 2.24) is 0 Å². The molecular formula is C28H26Cl2N2O2. The Bertz CT molecular complexity index is 1170. The van der Waals surface area contributed by atoms with E-state index < -0.39 is 0 Å². The van der Waals surface area contributed by atoms with Gasteiger partial charge in [-0.1, -0.05) is 42.3 Å². The normalized spacial score (nSPS) is 11.0. The van der Waals surface area contributed by atoms with E-state index in [0.717, 1.165) is 22.3 Å². The maximum atomic E-state index is 6.63. The Hall–Kier alpha value is -3.34. The van der Waals surface area contributed by atoms with Crippen molar-refractivity contribution in [2.24, 2.45) is 0 Å². The quantitative estimate of drug-likeness (QED) is 0.264. The van der Waals surface area contributed by atoms with Crippen LogP contribution in [-0.2, 0) is 0 Å². The van der Waals surface area contributed by atoms with E-state index in [1.54, 1.807) is 24.3 Å². The molecular weight excluding hydrogens is 467 g/mol. The van der Waals surface area contributed by atoms with Crippen molar-refractivity contribution < 1.29 is 9.47 Å². The van der Waals surface area contributed by atoms with Gasteiger partial charge in [0.15, 0.2) is 0 Å². The minimum absolute atomic E-state index is 0.0588. The van der Waals surface area contributed by atoms with Crippen LogP contribution in [0.4, 0.5) is 11.4 Å². The minimum Gasteiger partial charge on any atom is -0.456 e. The highest BCUT2D eigenvalue weighted by Crippen LogP contribution is 2.40. The van der Waals surface area contributed by atoms with Crippen molar-refractivity contribution in [2.45, 2.75) is 26.7 Å². The van der Waals surface area contributed by atoms with E-state index in [4.69, 9.17) is 44.1 Å². The summed E-state index contributed by atoms with van der Waals surface area (Å²) in [5.74, 6) is 2.68. The summed E-state index contributed by atoms with van der Waals surface area (Å²) >= 11 is 13.3. The van der Waals surface area contributed by atoms with E-state index in [1.165, 1.54) is 0 Å². The lowest BCUT2D eigenvalue weighted by Gasteiger charge is -2.19. The molecule has 4 rings (SSSR count). The summed E-state index contributed by atoms with van der Waals surface area (Å²) in [4.78, 5) is 0. The zero-order valence-corrected chi connectivity index (χ0v) is 20.7. The van der Waals surface area contributed by atoms with Crippen molar-refractivity contribution in [1.29, 1.82) is 0 Å². The number of aryl methyl sites for hydroxylation is 2. The van der Waals surface area contributed by atoms with Gasteiger partial charge in [-0.05, 0) is 96.8 Å². The van der Waals surface area contributed by atoms with Gasteiger partial charge in [-0.15, -0.1) is 0 Å². The summed E-state index contributed by atoms with van der Waals surface area (Å²) in [6.45, 7) is 6.09. The second-order valence-electron chi connectivity index (χ2n) is 8.36. The van der Waals surface area contributed by atoms with Crippen LogP contribution in [0.15, 0.2) is 72.8 Å². The second kappa shape index (κ2) is 9.88. The van der Waals surface area contributed by atoms with E-state index in [0.29, 0.717) is 44.4 Å². The maximum absolute atomic E-state index is 6.63. The van der Waals surface area contributed by atoms with Crippen molar-refractivity contribution in [3.8, 4) is 23.0 Å². The summed E-state index contributed by atoms with van der Waals surface area (Å²) in [5.41, 5.74) is 16.9. The van der Waals surface area contributed by atoms with Crippen LogP contribution in [0, 0.1) is 13.8 Å². The average Bonchev–Trinajstić information content (AvgIpc) is 2.80. The van der Waals surface area contributed by atoms with Crippen molar-refractivity contribution in [2.75, 3.05) is 11.5 Å². The van der Waals surface area contributed by atoms with Crippen LogP contribution < -0.4 is 20.9 Å². The summed E-state index contributed by atoms with van der Waals surface area (Å²) in [6.07, 6.45) is 0. The molecule has 0 radical (unpaired) electrons. The summed E-state index contributed by atoms with van der Waals surface area (Å²) in [7, 11) is 0. The SMILES string of the molecule is Cc1cc(C(C)c2cc(C)c(Oc3ccc(N)cc3)c(Cl)c2)cc(Cl)c1Oc1ccc(N)cc1. The Morgan fingerprint density at radius 1 is 0.618 bits per heavy atom. The topological polar surface area (TPSA) is 70.5 Å². The number of nitrogen functional groups attached to an aromatic ring is 2. The molecule has 0 aromatic heterocycles. The summed E-state index contributed by atoms with van der Waals surface area (Å²) in [5, 5.41) is 1.09. The zero-order valence-electron chi connectivity index (χ0n) is 19.2. The van der Waals surface area contributed by atoms with Crippen molar-refractivity contribution in [3.05, 3.63) is 105 Å².